The number of hydrogen-bond acceptors (Lipinski definition) is 2. The Kier molecular flexibility index (Phi) is 4.20. The van der Waals surface area contributed by atoms with E-state index in [1.165, 1.54) is 31.7 Å². The number of fused-ring (bicyclic) bond motifs is 1. The summed E-state index contributed by atoms with van der Waals surface area (Å²) in [5.41, 5.74) is 0.661. The molecule has 1 aliphatic heterocycles. The van der Waals surface area contributed by atoms with E-state index in [9.17, 15) is 4.39 Å². The van der Waals surface area contributed by atoms with Gasteiger partial charge in [-0.1, -0.05) is 34.8 Å². The van der Waals surface area contributed by atoms with Crippen LogP contribution in [0.25, 0.3) is 0 Å². The molecule has 2 nitrogen and oxygen atoms in total. The molecule has 1 saturated carbocycles. The van der Waals surface area contributed by atoms with Crippen LogP contribution in [0.5, 0.6) is 0 Å². The van der Waals surface area contributed by atoms with Gasteiger partial charge in [0.25, 0.3) is 0 Å². The summed E-state index contributed by atoms with van der Waals surface area (Å²) < 4.78 is 20.7. The van der Waals surface area contributed by atoms with Gasteiger partial charge < -0.3 is 10.1 Å². The molecule has 0 spiro atoms. The highest BCUT2D eigenvalue weighted by Gasteiger charge is 2.30. The van der Waals surface area contributed by atoms with Crippen molar-refractivity contribution >= 4 is 15.9 Å². The Balaban J connectivity index is 1.75. The molecule has 1 aliphatic carbocycles. The van der Waals surface area contributed by atoms with Crippen molar-refractivity contribution in [2.45, 2.75) is 37.8 Å². The fraction of sp³-hybridized carbons (Fsp3) is 0.600. The highest BCUT2D eigenvalue weighted by Crippen LogP contribution is 2.31. The van der Waals surface area contributed by atoms with E-state index in [0.717, 1.165) is 11.1 Å². The molecule has 2 fully saturated rings. The van der Waals surface area contributed by atoms with Crippen LogP contribution in [0.2, 0.25) is 0 Å². The third-order valence-corrected chi connectivity index (χ3v) is 4.79. The monoisotopic (exact) mass is 327 g/mol. The Bertz CT molecular complexity index is 438. The highest BCUT2D eigenvalue weighted by atomic mass is 79.9. The largest absolute Gasteiger partial charge is 0.372 e. The first-order chi connectivity index (χ1) is 9.24. The molecule has 0 bridgehead atoms. The lowest BCUT2D eigenvalue weighted by Gasteiger charge is -2.29. The molecule has 19 heavy (non-hydrogen) atoms. The summed E-state index contributed by atoms with van der Waals surface area (Å²) in [5.74, 6) is 0.406. The number of nitrogens with one attached hydrogen (secondary N) is 1. The Morgan fingerprint density at radius 1 is 1.26 bits per heavy atom. The standard InChI is InChI=1S/C15H19BrFNO/c16-11-5-6-12(13(17)7-11)15-8-18-14-4-2-1-3-10(14)9-19-15/h5-7,10,14-15,18H,1-4,8-9H2. The molecule has 1 aromatic carbocycles. The summed E-state index contributed by atoms with van der Waals surface area (Å²) in [6.07, 6.45) is 4.88. The molecular weight excluding hydrogens is 309 g/mol. The van der Waals surface area contributed by atoms with Gasteiger partial charge in [0.15, 0.2) is 0 Å². The first-order valence-corrected chi connectivity index (χ1v) is 7.83. The zero-order valence-electron chi connectivity index (χ0n) is 10.9. The van der Waals surface area contributed by atoms with E-state index in [-0.39, 0.29) is 11.9 Å². The van der Waals surface area contributed by atoms with E-state index in [2.05, 4.69) is 21.2 Å². The Hall–Kier alpha value is -0.450. The maximum Gasteiger partial charge on any atom is 0.130 e. The van der Waals surface area contributed by atoms with Gasteiger partial charge in [-0.05, 0) is 30.9 Å². The SMILES string of the molecule is Fc1cc(Br)ccc1C1CNC2CCCCC2CO1. The minimum atomic E-state index is -0.189. The molecule has 1 heterocycles. The number of benzene rings is 1. The van der Waals surface area contributed by atoms with Crippen molar-refractivity contribution in [3.63, 3.8) is 0 Å². The van der Waals surface area contributed by atoms with Crippen molar-refractivity contribution in [3.05, 3.63) is 34.1 Å². The topological polar surface area (TPSA) is 21.3 Å². The van der Waals surface area contributed by atoms with Crippen LogP contribution < -0.4 is 5.32 Å². The van der Waals surface area contributed by atoms with Crippen molar-refractivity contribution in [1.29, 1.82) is 0 Å². The molecule has 0 radical (unpaired) electrons. The molecule has 3 rings (SSSR count). The lowest BCUT2D eigenvalue weighted by molar-refractivity contribution is 0.0381. The average molecular weight is 328 g/mol. The van der Waals surface area contributed by atoms with Crippen molar-refractivity contribution < 1.29 is 9.13 Å². The zero-order valence-corrected chi connectivity index (χ0v) is 12.5. The van der Waals surface area contributed by atoms with Crippen LogP contribution in [0.15, 0.2) is 22.7 Å². The summed E-state index contributed by atoms with van der Waals surface area (Å²) in [5, 5.41) is 3.57. The maximum atomic E-state index is 14.0. The van der Waals surface area contributed by atoms with Gasteiger partial charge in [-0.2, -0.15) is 0 Å². The quantitative estimate of drug-likeness (QED) is 0.846. The fourth-order valence-electron chi connectivity index (χ4n) is 3.20. The second-order valence-electron chi connectivity index (χ2n) is 5.55. The van der Waals surface area contributed by atoms with Crippen LogP contribution in [0.4, 0.5) is 4.39 Å². The van der Waals surface area contributed by atoms with Crippen LogP contribution in [0.3, 0.4) is 0 Å². The van der Waals surface area contributed by atoms with Gasteiger partial charge in [-0.15, -0.1) is 0 Å². The number of hydrogen-bond donors (Lipinski definition) is 1. The van der Waals surface area contributed by atoms with Crippen molar-refractivity contribution in [1.82, 2.24) is 5.32 Å². The Labute approximate surface area is 121 Å². The number of rotatable bonds is 1. The number of halogens is 2. The van der Waals surface area contributed by atoms with Gasteiger partial charge in [0.05, 0.1) is 12.7 Å². The van der Waals surface area contributed by atoms with E-state index in [1.54, 1.807) is 0 Å². The predicted molar refractivity (Wildman–Crippen MR) is 76.5 cm³/mol. The van der Waals surface area contributed by atoms with Crippen molar-refractivity contribution in [2.24, 2.45) is 5.92 Å². The van der Waals surface area contributed by atoms with Gasteiger partial charge >= 0.3 is 0 Å². The second kappa shape index (κ2) is 5.90. The second-order valence-corrected chi connectivity index (χ2v) is 6.46. The molecule has 3 atom stereocenters. The molecule has 1 saturated heterocycles. The molecule has 0 aromatic heterocycles. The third kappa shape index (κ3) is 3.01. The Morgan fingerprint density at radius 3 is 2.95 bits per heavy atom. The van der Waals surface area contributed by atoms with E-state index in [4.69, 9.17) is 4.74 Å². The lowest BCUT2D eigenvalue weighted by atomic mass is 9.85. The first kappa shape index (κ1) is 13.5. The predicted octanol–water partition coefficient (Wildman–Crippen LogP) is 3.81. The van der Waals surface area contributed by atoms with Gasteiger partial charge in [0.1, 0.15) is 5.82 Å². The van der Waals surface area contributed by atoms with E-state index >= 15 is 0 Å². The van der Waals surface area contributed by atoms with Gasteiger partial charge in [-0.3, -0.25) is 0 Å². The van der Waals surface area contributed by atoms with Gasteiger partial charge in [0.2, 0.25) is 0 Å². The molecule has 104 valence electrons. The highest BCUT2D eigenvalue weighted by molar-refractivity contribution is 9.10. The third-order valence-electron chi connectivity index (χ3n) is 4.30. The molecule has 1 aromatic rings. The van der Waals surface area contributed by atoms with Crippen LogP contribution in [0, 0.1) is 11.7 Å². The zero-order chi connectivity index (χ0) is 13.2. The first-order valence-electron chi connectivity index (χ1n) is 7.04. The molecule has 0 amide bonds. The minimum absolute atomic E-state index is 0.168. The van der Waals surface area contributed by atoms with Gasteiger partial charge in [0, 0.05) is 22.6 Å². The van der Waals surface area contributed by atoms with Crippen molar-refractivity contribution in [3.8, 4) is 0 Å². The normalized spacial score (nSPS) is 31.6. The number of ether oxygens (including phenoxy) is 1. The summed E-state index contributed by atoms with van der Waals surface area (Å²) in [4.78, 5) is 0. The summed E-state index contributed by atoms with van der Waals surface area (Å²) in [6, 6.07) is 5.76. The maximum absolute atomic E-state index is 14.0. The summed E-state index contributed by atoms with van der Waals surface area (Å²) in [7, 11) is 0. The molecule has 1 N–H and O–H groups in total. The molecule has 3 unspecified atom stereocenters. The van der Waals surface area contributed by atoms with Crippen LogP contribution in [-0.4, -0.2) is 19.2 Å². The molecular formula is C15H19BrFNO. The van der Waals surface area contributed by atoms with Crippen LogP contribution >= 0.6 is 15.9 Å². The lowest BCUT2D eigenvalue weighted by Crippen LogP contribution is -2.38. The van der Waals surface area contributed by atoms with Crippen LogP contribution in [-0.2, 0) is 4.74 Å². The molecule has 2 aliphatic rings. The summed E-state index contributed by atoms with van der Waals surface area (Å²) in [6.45, 7) is 1.46. The van der Waals surface area contributed by atoms with E-state index in [1.807, 2.05) is 12.1 Å². The van der Waals surface area contributed by atoms with Crippen LogP contribution in [0.1, 0.15) is 37.4 Å². The van der Waals surface area contributed by atoms with Crippen molar-refractivity contribution in [2.75, 3.05) is 13.2 Å². The summed E-state index contributed by atoms with van der Waals surface area (Å²) >= 11 is 3.29. The molecule has 4 heteroatoms. The fourth-order valence-corrected chi connectivity index (χ4v) is 3.53. The van der Waals surface area contributed by atoms with E-state index < -0.39 is 0 Å². The minimum Gasteiger partial charge on any atom is -0.372 e. The van der Waals surface area contributed by atoms with Gasteiger partial charge in [-0.25, -0.2) is 4.39 Å². The average Bonchev–Trinajstić information content (AvgIpc) is 2.62. The smallest absolute Gasteiger partial charge is 0.130 e. The van der Waals surface area contributed by atoms with E-state index in [0.29, 0.717) is 24.1 Å². The Morgan fingerprint density at radius 2 is 2.11 bits per heavy atom.